The molecule has 1 amide bonds. The predicted octanol–water partition coefficient (Wildman–Crippen LogP) is 3.12. The van der Waals surface area contributed by atoms with E-state index < -0.39 is 18.0 Å². The van der Waals surface area contributed by atoms with Crippen LogP contribution in [0.15, 0.2) is 0 Å². The fraction of sp³-hybridized carbons (Fsp3) is 0.846. The molecule has 2 unspecified atom stereocenters. The van der Waals surface area contributed by atoms with Crippen molar-refractivity contribution in [2.75, 3.05) is 13.1 Å². The Morgan fingerprint density at radius 3 is 2.63 bits per heavy atom. The first-order chi connectivity index (χ1) is 8.90. The molecule has 0 aromatic heterocycles. The van der Waals surface area contributed by atoms with Crippen LogP contribution in [-0.2, 0) is 4.79 Å². The average Bonchev–Trinajstić information content (AvgIpc) is 2.38. The molecule has 108 valence electrons. The summed E-state index contributed by atoms with van der Waals surface area (Å²) in [6, 6.07) is 1.95. The molecule has 0 bridgehead atoms. The zero-order valence-corrected chi connectivity index (χ0v) is 11.0. The Kier molecular flexibility index (Phi) is 5.64. The van der Waals surface area contributed by atoms with Gasteiger partial charge in [-0.1, -0.05) is 6.42 Å². The number of rotatable bonds is 4. The van der Waals surface area contributed by atoms with Crippen LogP contribution in [0.5, 0.6) is 0 Å². The van der Waals surface area contributed by atoms with Crippen LogP contribution in [0, 0.1) is 23.2 Å². The molecule has 0 aromatic rings. The van der Waals surface area contributed by atoms with E-state index in [0.717, 1.165) is 0 Å². The second-order valence-electron chi connectivity index (χ2n) is 4.93. The number of amides is 1. The number of alkyl halides is 3. The van der Waals surface area contributed by atoms with Crippen LogP contribution in [0.2, 0.25) is 0 Å². The number of hydrogen-bond acceptors (Lipinski definition) is 2. The van der Waals surface area contributed by atoms with E-state index in [1.54, 1.807) is 6.92 Å². The molecule has 1 rings (SSSR count). The summed E-state index contributed by atoms with van der Waals surface area (Å²) in [5.41, 5.74) is 0. The van der Waals surface area contributed by atoms with Gasteiger partial charge >= 0.3 is 6.18 Å². The molecule has 0 aromatic carbocycles. The fourth-order valence-corrected chi connectivity index (χ4v) is 2.58. The molecule has 1 aliphatic carbocycles. The van der Waals surface area contributed by atoms with Crippen molar-refractivity contribution in [2.45, 2.75) is 45.2 Å². The predicted molar refractivity (Wildman–Crippen MR) is 64.0 cm³/mol. The minimum Gasteiger partial charge on any atom is -0.342 e. The summed E-state index contributed by atoms with van der Waals surface area (Å²) in [5, 5.41) is 8.51. The first-order valence-electron chi connectivity index (χ1n) is 6.62. The molecule has 6 heteroatoms. The third kappa shape index (κ3) is 4.41. The quantitative estimate of drug-likeness (QED) is 0.792. The molecule has 0 spiro atoms. The number of halogens is 3. The lowest BCUT2D eigenvalue weighted by Crippen LogP contribution is -2.40. The maximum atomic E-state index is 12.7. The smallest absolute Gasteiger partial charge is 0.342 e. The average molecular weight is 276 g/mol. The van der Waals surface area contributed by atoms with E-state index in [4.69, 9.17) is 5.26 Å². The molecule has 1 aliphatic rings. The van der Waals surface area contributed by atoms with Crippen molar-refractivity contribution in [2.24, 2.45) is 11.8 Å². The lowest BCUT2D eigenvalue weighted by Gasteiger charge is -2.32. The third-order valence-corrected chi connectivity index (χ3v) is 3.67. The zero-order valence-electron chi connectivity index (χ0n) is 11.0. The SMILES string of the molecule is CCN(CCC#N)C(=O)C1CCCC(C(F)(F)F)C1. The first kappa shape index (κ1) is 15.8. The largest absolute Gasteiger partial charge is 0.391 e. The molecular weight excluding hydrogens is 257 g/mol. The summed E-state index contributed by atoms with van der Waals surface area (Å²) < 4.78 is 38.1. The van der Waals surface area contributed by atoms with E-state index >= 15 is 0 Å². The number of nitrogens with zero attached hydrogens (tertiary/aromatic N) is 2. The van der Waals surface area contributed by atoms with E-state index in [9.17, 15) is 18.0 Å². The minimum atomic E-state index is -4.21. The summed E-state index contributed by atoms with van der Waals surface area (Å²) in [7, 11) is 0. The Balaban J connectivity index is 2.63. The minimum absolute atomic E-state index is 0.106. The second kappa shape index (κ2) is 6.78. The van der Waals surface area contributed by atoms with Gasteiger partial charge in [0.2, 0.25) is 5.91 Å². The van der Waals surface area contributed by atoms with Gasteiger partial charge in [0.05, 0.1) is 18.4 Å². The molecule has 0 aliphatic heterocycles. The monoisotopic (exact) mass is 276 g/mol. The van der Waals surface area contributed by atoms with Gasteiger partial charge in [-0.15, -0.1) is 0 Å². The first-order valence-corrected chi connectivity index (χ1v) is 6.62. The molecule has 3 nitrogen and oxygen atoms in total. The van der Waals surface area contributed by atoms with Crippen molar-refractivity contribution in [1.29, 1.82) is 5.26 Å². The lowest BCUT2D eigenvalue weighted by atomic mass is 9.80. The standard InChI is InChI=1S/C13H19F3N2O/c1-2-18(8-4-7-17)12(19)10-5-3-6-11(9-10)13(14,15)16/h10-11H,2-6,8-9H2,1H3. The Morgan fingerprint density at radius 2 is 2.11 bits per heavy atom. The van der Waals surface area contributed by atoms with Crippen LogP contribution in [0.25, 0.3) is 0 Å². The second-order valence-corrected chi connectivity index (χ2v) is 4.93. The molecule has 0 saturated heterocycles. The van der Waals surface area contributed by atoms with Gasteiger partial charge in [-0.2, -0.15) is 18.4 Å². The summed E-state index contributed by atoms with van der Waals surface area (Å²) in [4.78, 5) is 13.6. The van der Waals surface area contributed by atoms with Gasteiger partial charge in [0.25, 0.3) is 0 Å². The van der Waals surface area contributed by atoms with Crippen LogP contribution in [0.1, 0.15) is 39.0 Å². The number of carbonyl (C=O) groups excluding carboxylic acids is 1. The Bertz CT molecular complexity index is 349. The van der Waals surface area contributed by atoms with Gasteiger partial charge in [-0.25, -0.2) is 0 Å². The summed E-state index contributed by atoms with van der Waals surface area (Å²) >= 11 is 0. The third-order valence-electron chi connectivity index (χ3n) is 3.67. The molecule has 19 heavy (non-hydrogen) atoms. The highest BCUT2D eigenvalue weighted by molar-refractivity contribution is 5.79. The van der Waals surface area contributed by atoms with Crippen molar-refractivity contribution in [3.8, 4) is 6.07 Å². The van der Waals surface area contributed by atoms with E-state index in [1.807, 2.05) is 6.07 Å². The Morgan fingerprint density at radius 1 is 1.42 bits per heavy atom. The van der Waals surface area contributed by atoms with Crippen molar-refractivity contribution < 1.29 is 18.0 Å². The maximum absolute atomic E-state index is 12.7. The van der Waals surface area contributed by atoms with Crippen molar-refractivity contribution >= 4 is 5.91 Å². The fourth-order valence-electron chi connectivity index (χ4n) is 2.58. The van der Waals surface area contributed by atoms with Gasteiger partial charge in [0.1, 0.15) is 0 Å². The van der Waals surface area contributed by atoms with Crippen LogP contribution in [0.4, 0.5) is 13.2 Å². The molecule has 0 N–H and O–H groups in total. The van der Waals surface area contributed by atoms with Crippen molar-refractivity contribution in [3.05, 3.63) is 0 Å². The molecule has 0 radical (unpaired) electrons. The van der Waals surface area contributed by atoms with Crippen LogP contribution in [-0.4, -0.2) is 30.1 Å². The molecule has 0 heterocycles. The van der Waals surface area contributed by atoms with Crippen LogP contribution < -0.4 is 0 Å². The summed E-state index contributed by atoms with van der Waals surface area (Å²) in [6.07, 6.45) is -3.01. The van der Waals surface area contributed by atoms with E-state index in [0.29, 0.717) is 25.9 Å². The maximum Gasteiger partial charge on any atom is 0.391 e. The van der Waals surface area contributed by atoms with Crippen molar-refractivity contribution in [3.63, 3.8) is 0 Å². The van der Waals surface area contributed by atoms with E-state index in [1.165, 1.54) is 4.90 Å². The Labute approximate surface area is 111 Å². The molecule has 1 fully saturated rings. The molecular formula is C13H19F3N2O. The van der Waals surface area contributed by atoms with Gasteiger partial charge in [-0.3, -0.25) is 4.79 Å². The van der Waals surface area contributed by atoms with Gasteiger partial charge in [-0.05, 0) is 26.2 Å². The van der Waals surface area contributed by atoms with Crippen molar-refractivity contribution in [1.82, 2.24) is 4.90 Å². The normalized spacial score (nSPS) is 23.7. The molecule has 1 saturated carbocycles. The van der Waals surface area contributed by atoms with E-state index in [2.05, 4.69) is 0 Å². The molecule has 2 atom stereocenters. The topological polar surface area (TPSA) is 44.1 Å². The number of carbonyl (C=O) groups is 1. The highest BCUT2D eigenvalue weighted by atomic mass is 19.4. The lowest BCUT2D eigenvalue weighted by molar-refractivity contribution is -0.187. The summed E-state index contributed by atoms with van der Waals surface area (Å²) in [6.45, 7) is 2.52. The highest BCUT2D eigenvalue weighted by Gasteiger charge is 2.44. The van der Waals surface area contributed by atoms with Crippen LogP contribution in [0.3, 0.4) is 0 Å². The van der Waals surface area contributed by atoms with Crippen LogP contribution >= 0.6 is 0 Å². The van der Waals surface area contributed by atoms with Gasteiger partial charge in [0.15, 0.2) is 0 Å². The summed E-state index contributed by atoms with van der Waals surface area (Å²) in [5.74, 6) is -2.13. The zero-order chi connectivity index (χ0) is 14.5. The van der Waals surface area contributed by atoms with Gasteiger partial charge in [0, 0.05) is 19.0 Å². The Hall–Kier alpha value is -1.25. The number of nitriles is 1. The van der Waals surface area contributed by atoms with Gasteiger partial charge < -0.3 is 4.90 Å². The van der Waals surface area contributed by atoms with E-state index in [-0.39, 0.29) is 25.2 Å². The highest BCUT2D eigenvalue weighted by Crippen LogP contribution is 2.40. The number of hydrogen-bond donors (Lipinski definition) is 0.